The average molecular weight is 279 g/mol. The molecular formula is C15H21NO4. The van der Waals surface area contributed by atoms with E-state index in [9.17, 15) is 9.90 Å². The van der Waals surface area contributed by atoms with Gasteiger partial charge in [0.05, 0.1) is 25.9 Å². The molecule has 1 aromatic rings. The van der Waals surface area contributed by atoms with E-state index in [0.717, 1.165) is 0 Å². The van der Waals surface area contributed by atoms with E-state index in [1.807, 2.05) is 13.8 Å². The van der Waals surface area contributed by atoms with Crippen LogP contribution in [0.1, 0.15) is 30.6 Å². The first kappa shape index (κ1) is 14.7. The molecule has 2 rings (SSSR count). The molecule has 1 aliphatic carbocycles. The van der Waals surface area contributed by atoms with E-state index in [2.05, 4.69) is 5.32 Å². The molecule has 0 bridgehead atoms. The van der Waals surface area contributed by atoms with Gasteiger partial charge in [0.15, 0.2) is 11.5 Å². The Morgan fingerprint density at radius 2 is 2.05 bits per heavy atom. The Morgan fingerprint density at radius 1 is 1.35 bits per heavy atom. The molecule has 1 aliphatic rings. The van der Waals surface area contributed by atoms with E-state index < -0.39 is 0 Å². The Labute approximate surface area is 118 Å². The molecule has 5 nitrogen and oxygen atoms in total. The molecule has 2 unspecified atom stereocenters. The summed E-state index contributed by atoms with van der Waals surface area (Å²) in [6.07, 6.45) is 0.199. The Hall–Kier alpha value is -1.75. The van der Waals surface area contributed by atoms with Crippen molar-refractivity contribution >= 4 is 5.91 Å². The number of ether oxygens (including phenoxy) is 2. The van der Waals surface area contributed by atoms with Crippen molar-refractivity contribution in [1.29, 1.82) is 0 Å². The number of carbonyl (C=O) groups excluding carboxylic acids is 1. The van der Waals surface area contributed by atoms with Crippen LogP contribution >= 0.6 is 0 Å². The van der Waals surface area contributed by atoms with E-state index in [1.54, 1.807) is 18.2 Å². The first-order valence-electron chi connectivity index (χ1n) is 6.61. The zero-order chi connectivity index (χ0) is 14.9. The molecule has 0 aliphatic heterocycles. The topological polar surface area (TPSA) is 67.8 Å². The van der Waals surface area contributed by atoms with Gasteiger partial charge in [0, 0.05) is 11.5 Å². The van der Waals surface area contributed by atoms with Gasteiger partial charge in [-0.15, -0.1) is 0 Å². The molecule has 1 saturated carbocycles. The van der Waals surface area contributed by atoms with Crippen LogP contribution in [0.3, 0.4) is 0 Å². The van der Waals surface area contributed by atoms with E-state index in [4.69, 9.17) is 9.47 Å². The van der Waals surface area contributed by atoms with Crippen LogP contribution in [-0.4, -0.2) is 37.4 Å². The molecule has 0 heterocycles. The van der Waals surface area contributed by atoms with Gasteiger partial charge < -0.3 is 19.9 Å². The average Bonchev–Trinajstić information content (AvgIpc) is 2.45. The van der Waals surface area contributed by atoms with Gasteiger partial charge in [0.25, 0.3) is 5.91 Å². The molecular weight excluding hydrogens is 258 g/mol. The lowest BCUT2D eigenvalue weighted by molar-refractivity contribution is -0.0689. The molecule has 1 aromatic carbocycles. The lowest BCUT2D eigenvalue weighted by Crippen LogP contribution is -2.61. The summed E-state index contributed by atoms with van der Waals surface area (Å²) in [4.78, 5) is 12.4. The number of aliphatic hydroxyl groups is 1. The smallest absolute Gasteiger partial charge is 0.255 e. The van der Waals surface area contributed by atoms with Crippen LogP contribution in [0.25, 0.3) is 0 Å². The maximum Gasteiger partial charge on any atom is 0.255 e. The van der Waals surface area contributed by atoms with Gasteiger partial charge in [0.1, 0.15) is 0 Å². The zero-order valence-corrected chi connectivity index (χ0v) is 12.3. The Balaban J connectivity index is 2.18. The number of aliphatic hydroxyl groups excluding tert-OH is 1. The first-order chi connectivity index (χ1) is 9.41. The summed E-state index contributed by atoms with van der Waals surface area (Å²) >= 11 is 0. The summed E-state index contributed by atoms with van der Waals surface area (Å²) in [5, 5.41) is 12.7. The van der Waals surface area contributed by atoms with Gasteiger partial charge in [-0.1, -0.05) is 19.9 Å². The van der Waals surface area contributed by atoms with Gasteiger partial charge in [-0.05, 0) is 18.6 Å². The van der Waals surface area contributed by atoms with Gasteiger partial charge in [-0.2, -0.15) is 0 Å². The molecule has 1 fully saturated rings. The second kappa shape index (κ2) is 5.32. The lowest BCUT2D eigenvalue weighted by atomic mass is 9.64. The number of hydrogen-bond donors (Lipinski definition) is 2. The van der Waals surface area contributed by atoms with Gasteiger partial charge in [-0.3, -0.25) is 4.79 Å². The predicted octanol–water partition coefficient (Wildman–Crippen LogP) is 1.59. The fourth-order valence-electron chi connectivity index (χ4n) is 2.45. The van der Waals surface area contributed by atoms with Gasteiger partial charge in [0.2, 0.25) is 0 Å². The van der Waals surface area contributed by atoms with Crippen LogP contribution in [0.5, 0.6) is 11.5 Å². The van der Waals surface area contributed by atoms with Crippen LogP contribution < -0.4 is 14.8 Å². The van der Waals surface area contributed by atoms with Crippen LogP contribution in [-0.2, 0) is 0 Å². The number of nitrogens with one attached hydrogen (secondary N) is 1. The molecule has 2 N–H and O–H groups in total. The second-order valence-corrected chi connectivity index (χ2v) is 5.64. The van der Waals surface area contributed by atoms with Crippen molar-refractivity contribution < 1.29 is 19.4 Å². The highest BCUT2D eigenvalue weighted by atomic mass is 16.5. The molecule has 0 spiro atoms. The third-order valence-electron chi connectivity index (χ3n) is 4.17. The van der Waals surface area contributed by atoms with E-state index >= 15 is 0 Å². The molecule has 20 heavy (non-hydrogen) atoms. The number of carbonyl (C=O) groups is 1. The molecule has 0 saturated heterocycles. The van der Waals surface area contributed by atoms with Crippen molar-refractivity contribution in [1.82, 2.24) is 5.32 Å². The summed E-state index contributed by atoms with van der Waals surface area (Å²) < 4.78 is 10.4. The SMILES string of the molecule is COc1cccc(C(=O)NC2CC(O)C2(C)C)c1OC. The van der Waals surface area contributed by atoms with Crippen LogP contribution in [0.4, 0.5) is 0 Å². The monoisotopic (exact) mass is 279 g/mol. The van der Waals surface area contributed by atoms with Crippen LogP contribution in [0, 0.1) is 5.41 Å². The lowest BCUT2D eigenvalue weighted by Gasteiger charge is -2.49. The Kier molecular flexibility index (Phi) is 3.90. The fraction of sp³-hybridized carbons (Fsp3) is 0.533. The highest BCUT2D eigenvalue weighted by molar-refractivity contribution is 5.98. The normalized spacial score (nSPS) is 23.6. The fourth-order valence-corrected chi connectivity index (χ4v) is 2.45. The molecule has 0 aromatic heterocycles. The van der Waals surface area contributed by atoms with Crippen molar-refractivity contribution in [2.75, 3.05) is 14.2 Å². The summed E-state index contributed by atoms with van der Waals surface area (Å²) in [7, 11) is 3.04. The minimum absolute atomic E-state index is 0.0408. The third kappa shape index (κ3) is 2.33. The second-order valence-electron chi connectivity index (χ2n) is 5.64. The van der Waals surface area contributed by atoms with E-state index in [-0.39, 0.29) is 23.5 Å². The standard InChI is InChI=1S/C15H21NO4/c1-15(2)11(8-12(15)17)16-14(18)9-6-5-7-10(19-3)13(9)20-4/h5-7,11-12,17H,8H2,1-4H3,(H,16,18). The maximum atomic E-state index is 12.4. The number of benzene rings is 1. The van der Waals surface area contributed by atoms with E-state index in [1.165, 1.54) is 14.2 Å². The van der Waals surface area contributed by atoms with Crippen LogP contribution in [0.15, 0.2) is 18.2 Å². The van der Waals surface area contributed by atoms with E-state index in [0.29, 0.717) is 23.5 Å². The quantitative estimate of drug-likeness (QED) is 0.878. The van der Waals surface area contributed by atoms with Crippen molar-refractivity contribution in [2.45, 2.75) is 32.4 Å². The maximum absolute atomic E-state index is 12.4. The minimum Gasteiger partial charge on any atom is -0.493 e. The van der Waals surface area contributed by atoms with Crippen LogP contribution in [0.2, 0.25) is 0 Å². The van der Waals surface area contributed by atoms with Gasteiger partial charge in [-0.25, -0.2) is 0 Å². The summed E-state index contributed by atoms with van der Waals surface area (Å²) in [6.45, 7) is 3.88. The Morgan fingerprint density at radius 3 is 2.55 bits per heavy atom. The minimum atomic E-state index is -0.375. The predicted molar refractivity (Wildman–Crippen MR) is 75.2 cm³/mol. The van der Waals surface area contributed by atoms with Crippen molar-refractivity contribution in [3.8, 4) is 11.5 Å². The molecule has 1 amide bonds. The first-order valence-corrected chi connectivity index (χ1v) is 6.61. The summed E-state index contributed by atoms with van der Waals surface area (Å²) in [5.74, 6) is 0.726. The summed E-state index contributed by atoms with van der Waals surface area (Å²) in [6, 6.07) is 5.14. The third-order valence-corrected chi connectivity index (χ3v) is 4.17. The van der Waals surface area contributed by atoms with Crippen molar-refractivity contribution in [3.05, 3.63) is 23.8 Å². The van der Waals surface area contributed by atoms with Gasteiger partial charge >= 0.3 is 0 Å². The van der Waals surface area contributed by atoms with Crippen molar-refractivity contribution in [2.24, 2.45) is 5.41 Å². The Bertz CT molecular complexity index is 513. The molecule has 110 valence electrons. The molecule has 0 radical (unpaired) electrons. The number of rotatable bonds is 4. The van der Waals surface area contributed by atoms with Crippen molar-refractivity contribution in [3.63, 3.8) is 0 Å². The number of hydrogen-bond acceptors (Lipinski definition) is 4. The largest absolute Gasteiger partial charge is 0.493 e. The number of para-hydroxylation sites is 1. The molecule has 2 atom stereocenters. The summed E-state index contributed by atoms with van der Waals surface area (Å²) in [5.41, 5.74) is 0.130. The highest BCUT2D eigenvalue weighted by Gasteiger charge is 2.48. The highest BCUT2D eigenvalue weighted by Crippen LogP contribution is 2.41. The zero-order valence-electron chi connectivity index (χ0n) is 12.3. The number of methoxy groups -OCH3 is 2. The number of amides is 1. The molecule has 5 heteroatoms.